The number of carbonyl (C=O) groups excluding carboxylic acids is 1. The van der Waals surface area contributed by atoms with E-state index in [0.717, 1.165) is 17.5 Å². The Morgan fingerprint density at radius 3 is 2.54 bits per heavy atom. The molecule has 1 aromatic rings. The standard InChI is InChI=1S/C18H28N2O3S/c1-13-8-9-14(2)16(11-13)24(22,23)20-10-6-7-15(12-20)17(21)19-18(3,4)5/h8-9,11,15H,6-7,10,12H2,1-5H3,(H,19,21)/t15-/m1/s1. The molecule has 1 heterocycles. The summed E-state index contributed by atoms with van der Waals surface area (Å²) >= 11 is 0. The quantitative estimate of drug-likeness (QED) is 0.909. The molecule has 6 heteroatoms. The number of rotatable bonds is 3. The van der Waals surface area contributed by atoms with Gasteiger partial charge in [-0.15, -0.1) is 0 Å². The molecule has 2 rings (SSSR count). The summed E-state index contributed by atoms with van der Waals surface area (Å²) in [7, 11) is -3.57. The van der Waals surface area contributed by atoms with Crippen LogP contribution < -0.4 is 5.32 Å². The Bertz CT molecular complexity index is 720. The molecule has 1 amide bonds. The molecular formula is C18H28N2O3S. The lowest BCUT2D eigenvalue weighted by molar-refractivity contribution is -0.127. The Morgan fingerprint density at radius 2 is 1.92 bits per heavy atom. The maximum Gasteiger partial charge on any atom is 0.243 e. The van der Waals surface area contributed by atoms with E-state index in [0.29, 0.717) is 17.9 Å². The molecule has 0 saturated carbocycles. The SMILES string of the molecule is Cc1ccc(C)c(S(=O)(=O)N2CCC[C@@H](C(=O)NC(C)(C)C)C2)c1. The minimum atomic E-state index is -3.57. The van der Waals surface area contributed by atoms with Crippen molar-refractivity contribution in [2.45, 2.75) is 57.9 Å². The van der Waals surface area contributed by atoms with Crippen molar-refractivity contribution in [2.24, 2.45) is 5.92 Å². The van der Waals surface area contributed by atoms with Gasteiger partial charge in [-0.05, 0) is 64.7 Å². The van der Waals surface area contributed by atoms with Gasteiger partial charge in [0.05, 0.1) is 10.8 Å². The van der Waals surface area contributed by atoms with Gasteiger partial charge in [-0.1, -0.05) is 12.1 Å². The number of sulfonamides is 1. The molecule has 0 bridgehead atoms. The highest BCUT2D eigenvalue weighted by Crippen LogP contribution is 2.26. The van der Waals surface area contributed by atoms with Gasteiger partial charge in [0.1, 0.15) is 0 Å². The lowest BCUT2D eigenvalue weighted by Gasteiger charge is -2.33. The van der Waals surface area contributed by atoms with E-state index < -0.39 is 10.0 Å². The number of hydrogen-bond acceptors (Lipinski definition) is 3. The van der Waals surface area contributed by atoms with Crippen LogP contribution in [0, 0.1) is 19.8 Å². The molecule has 1 aliphatic rings. The van der Waals surface area contributed by atoms with Crippen molar-refractivity contribution in [3.8, 4) is 0 Å². The third-order valence-corrected chi connectivity index (χ3v) is 6.22. The molecular weight excluding hydrogens is 324 g/mol. The summed E-state index contributed by atoms with van der Waals surface area (Å²) < 4.78 is 27.5. The van der Waals surface area contributed by atoms with Crippen molar-refractivity contribution in [2.75, 3.05) is 13.1 Å². The van der Waals surface area contributed by atoms with Gasteiger partial charge >= 0.3 is 0 Å². The van der Waals surface area contributed by atoms with Crippen LogP contribution in [0.4, 0.5) is 0 Å². The largest absolute Gasteiger partial charge is 0.351 e. The third kappa shape index (κ3) is 4.36. The van der Waals surface area contributed by atoms with Crippen LogP contribution in [0.15, 0.2) is 23.1 Å². The number of piperidine rings is 1. The second kappa shape index (κ2) is 6.84. The highest BCUT2D eigenvalue weighted by molar-refractivity contribution is 7.89. The molecule has 0 radical (unpaired) electrons. The van der Waals surface area contributed by atoms with Crippen LogP contribution >= 0.6 is 0 Å². The van der Waals surface area contributed by atoms with E-state index >= 15 is 0 Å². The summed E-state index contributed by atoms with van der Waals surface area (Å²) in [6.07, 6.45) is 1.42. The first-order valence-corrected chi connectivity index (χ1v) is 9.84. The molecule has 0 aliphatic carbocycles. The highest BCUT2D eigenvalue weighted by Gasteiger charge is 2.34. The van der Waals surface area contributed by atoms with E-state index in [1.807, 2.05) is 39.8 Å². The molecule has 24 heavy (non-hydrogen) atoms. The molecule has 1 atom stereocenters. The number of hydrogen-bond donors (Lipinski definition) is 1. The fourth-order valence-electron chi connectivity index (χ4n) is 2.97. The minimum absolute atomic E-state index is 0.0663. The maximum absolute atomic E-state index is 13.0. The highest BCUT2D eigenvalue weighted by atomic mass is 32.2. The second-order valence-electron chi connectivity index (χ2n) is 7.71. The van der Waals surface area contributed by atoms with Crippen LogP contribution in [-0.4, -0.2) is 37.3 Å². The monoisotopic (exact) mass is 352 g/mol. The fraction of sp³-hybridized carbons (Fsp3) is 0.611. The van der Waals surface area contributed by atoms with Crippen LogP contribution in [0.2, 0.25) is 0 Å². The van der Waals surface area contributed by atoms with Gasteiger partial charge in [0, 0.05) is 18.6 Å². The lowest BCUT2D eigenvalue weighted by Crippen LogP contribution is -2.49. The molecule has 5 nitrogen and oxygen atoms in total. The predicted molar refractivity (Wildman–Crippen MR) is 95.3 cm³/mol. The van der Waals surface area contributed by atoms with Crippen molar-refractivity contribution in [1.29, 1.82) is 0 Å². The van der Waals surface area contributed by atoms with Gasteiger partial charge in [-0.3, -0.25) is 4.79 Å². The van der Waals surface area contributed by atoms with Crippen molar-refractivity contribution in [1.82, 2.24) is 9.62 Å². The van der Waals surface area contributed by atoms with Crippen molar-refractivity contribution < 1.29 is 13.2 Å². The summed E-state index contributed by atoms with van der Waals surface area (Å²) in [5, 5.41) is 2.96. The number of amides is 1. The number of nitrogens with zero attached hydrogens (tertiary/aromatic N) is 1. The first-order valence-electron chi connectivity index (χ1n) is 8.40. The van der Waals surface area contributed by atoms with Crippen LogP contribution in [0.25, 0.3) is 0 Å². The topological polar surface area (TPSA) is 66.5 Å². The van der Waals surface area contributed by atoms with E-state index in [2.05, 4.69) is 5.32 Å². The zero-order chi connectivity index (χ0) is 18.1. The molecule has 1 fully saturated rings. The van der Waals surface area contributed by atoms with Crippen LogP contribution in [0.3, 0.4) is 0 Å². The Hall–Kier alpha value is -1.40. The first kappa shape index (κ1) is 18.9. The van der Waals surface area contributed by atoms with Gasteiger partial charge in [-0.2, -0.15) is 4.31 Å². The van der Waals surface area contributed by atoms with Gasteiger partial charge in [0.15, 0.2) is 0 Å². The van der Waals surface area contributed by atoms with E-state index in [9.17, 15) is 13.2 Å². The Labute approximate surface area is 145 Å². The van der Waals surface area contributed by atoms with E-state index in [-0.39, 0.29) is 23.9 Å². The molecule has 1 aliphatic heterocycles. The van der Waals surface area contributed by atoms with E-state index in [4.69, 9.17) is 0 Å². The molecule has 0 unspecified atom stereocenters. The second-order valence-corrected chi connectivity index (χ2v) is 9.62. The predicted octanol–water partition coefficient (Wildman–Crippen LogP) is 2.62. The average Bonchev–Trinajstić information content (AvgIpc) is 2.48. The van der Waals surface area contributed by atoms with Gasteiger partial charge < -0.3 is 5.32 Å². The van der Waals surface area contributed by atoms with E-state index in [1.54, 1.807) is 13.0 Å². The van der Waals surface area contributed by atoms with Crippen molar-refractivity contribution >= 4 is 15.9 Å². The van der Waals surface area contributed by atoms with Crippen LogP contribution in [0.5, 0.6) is 0 Å². The first-order chi connectivity index (χ1) is 11.0. The van der Waals surface area contributed by atoms with Crippen molar-refractivity contribution in [3.63, 3.8) is 0 Å². The summed E-state index contributed by atoms with van der Waals surface area (Å²) in [4.78, 5) is 12.8. The molecule has 1 N–H and O–H groups in total. The van der Waals surface area contributed by atoms with Gasteiger partial charge in [-0.25, -0.2) is 8.42 Å². The van der Waals surface area contributed by atoms with Crippen LogP contribution in [-0.2, 0) is 14.8 Å². The fourth-order valence-corrected chi connectivity index (χ4v) is 4.80. The lowest BCUT2D eigenvalue weighted by atomic mass is 9.97. The number of benzene rings is 1. The minimum Gasteiger partial charge on any atom is -0.351 e. The summed E-state index contributed by atoms with van der Waals surface area (Å²) in [5.74, 6) is -0.360. The Morgan fingerprint density at radius 1 is 1.25 bits per heavy atom. The molecule has 0 aromatic heterocycles. The molecule has 1 saturated heterocycles. The maximum atomic E-state index is 13.0. The van der Waals surface area contributed by atoms with Gasteiger partial charge in [0.25, 0.3) is 0 Å². The Balaban J connectivity index is 2.22. The van der Waals surface area contributed by atoms with Crippen molar-refractivity contribution in [3.05, 3.63) is 29.3 Å². The summed E-state index contributed by atoms with van der Waals surface area (Å²) in [5.41, 5.74) is 1.34. The van der Waals surface area contributed by atoms with Gasteiger partial charge in [0.2, 0.25) is 15.9 Å². The normalized spacial score (nSPS) is 20.0. The smallest absolute Gasteiger partial charge is 0.243 e. The third-order valence-electron chi connectivity index (χ3n) is 4.21. The van der Waals surface area contributed by atoms with E-state index in [1.165, 1.54) is 4.31 Å². The molecule has 134 valence electrons. The zero-order valence-electron chi connectivity index (χ0n) is 15.2. The Kier molecular flexibility index (Phi) is 5.40. The average molecular weight is 353 g/mol. The zero-order valence-corrected chi connectivity index (χ0v) is 16.0. The molecule has 1 aromatic carbocycles. The number of aryl methyl sites for hydroxylation is 2. The molecule has 0 spiro atoms. The number of nitrogens with one attached hydrogen (secondary N) is 1. The summed E-state index contributed by atoms with van der Waals surface area (Å²) in [6.45, 7) is 10.2. The summed E-state index contributed by atoms with van der Waals surface area (Å²) in [6, 6.07) is 5.45. The number of carbonyl (C=O) groups is 1. The van der Waals surface area contributed by atoms with Crippen LogP contribution in [0.1, 0.15) is 44.7 Å².